The Morgan fingerprint density at radius 1 is 0.967 bits per heavy atom. The lowest BCUT2D eigenvalue weighted by Gasteiger charge is -2.12. The van der Waals surface area contributed by atoms with Crippen LogP contribution in [-0.2, 0) is 20.7 Å². The van der Waals surface area contributed by atoms with Gasteiger partial charge in [0, 0.05) is 18.2 Å². The second-order valence-electron chi connectivity index (χ2n) is 6.38. The first-order valence-electron chi connectivity index (χ1n) is 9.54. The van der Waals surface area contributed by atoms with Crippen molar-refractivity contribution in [1.29, 1.82) is 0 Å². The molecule has 0 atom stereocenters. The van der Waals surface area contributed by atoms with Crippen molar-refractivity contribution >= 4 is 34.9 Å². The van der Waals surface area contributed by atoms with E-state index < -0.39 is 5.97 Å². The number of hydrogen-bond donors (Lipinski definition) is 2. The first-order chi connectivity index (χ1) is 14.5. The van der Waals surface area contributed by atoms with Crippen molar-refractivity contribution in [3.8, 4) is 11.5 Å². The van der Waals surface area contributed by atoms with Crippen molar-refractivity contribution < 1.29 is 23.8 Å². The molecule has 1 amide bonds. The van der Waals surface area contributed by atoms with E-state index in [2.05, 4.69) is 10.6 Å². The summed E-state index contributed by atoms with van der Waals surface area (Å²) < 4.78 is 15.6. The number of amides is 1. The molecule has 0 aliphatic rings. The van der Waals surface area contributed by atoms with E-state index in [1.165, 1.54) is 12.7 Å². The minimum absolute atomic E-state index is 0.00383. The summed E-state index contributed by atoms with van der Waals surface area (Å²) >= 11 is 5.13. The van der Waals surface area contributed by atoms with Crippen LogP contribution in [0.15, 0.2) is 48.5 Å². The summed E-state index contributed by atoms with van der Waals surface area (Å²) in [6, 6.07) is 15.1. The molecule has 160 valence electrons. The summed E-state index contributed by atoms with van der Waals surface area (Å²) in [6.07, 6.45) is 1.56. The van der Waals surface area contributed by atoms with Gasteiger partial charge in [-0.2, -0.15) is 0 Å². The fourth-order valence-corrected chi connectivity index (χ4v) is 2.89. The zero-order chi connectivity index (χ0) is 21.8. The van der Waals surface area contributed by atoms with Crippen LogP contribution in [0.2, 0.25) is 0 Å². The summed E-state index contributed by atoms with van der Waals surface area (Å²) in [5.41, 5.74) is 1.83. The molecule has 2 aromatic rings. The molecule has 0 heterocycles. The highest BCUT2D eigenvalue weighted by Crippen LogP contribution is 2.29. The molecular weight excluding hydrogens is 404 g/mol. The Morgan fingerprint density at radius 3 is 2.40 bits per heavy atom. The highest BCUT2D eigenvalue weighted by atomic mass is 32.1. The standard InChI is InChI=1S/C22H26N2O5S/c1-27-18-11-10-17(15-19(18)28-2)23-22(30)24-20(25)12-13-21(26)29-14-6-9-16-7-4-3-5-8-16/h3-5,7-8,10-11,15H,6,9,12-14H2,1-2H3,(H2,23,24,25,30). The Balaban J connectivity index is 1.64. The molecule has 8 heteroatoms. The van der Waals surface area contributed by atoms with E-state index in [9.17, 15) is 9.59 Å². The number of nitrogens with one attached hydrogen (secondary N) is 2. The van der Waals surface area contributed by atoms with Crippen molar-refractivity contribution in [1.82, 2.24) is 5.32 Å². The summed E-state index contributed by atoms with van der Waals surface area (Å²) in [5, 5.41) is 5.56. The van der Waals surface area contributed by atoms with Gasteiger partial charge in [-0.3, -0.25) is 9.59 Å². The maximum absolute atomic E-state index is 12.0. The third-order valence-corrected chi connectivity index (χ3v) is 4.37. The molecule has 0 spiro atoms. The number of hydrogen-bond acceptors (Lipinski definition) is 6. The lowest BCUT2D eigenvalue weighted by atomic mass is 10.1. The van der Waals surface area contributed by atoms with Gasteiger partial charge in [-0.25, -0.2) is 0 Å². The maximum atomic E-state index is 12.0. The van der Waals surface area contributed by atoms with Crippen LogP contribution >= 0.6 is 12.2 Å². The number of thiocarbonyl (C=S) groups is 1. The van der Waals surface area contributed by atoms with Crippen LogP contribution in [0.3, 0.4) is 0 Å². The van der Waals surface area contributed by atoms with Gasteiger partial charge in [0.2, 0.25) is 5.91 Å². The van der Waals surface area contributed by atoms with Gasteiger partial charge in [0.1, 0.15) is 0 Å². The molecule has 0 bridgehead atoms. The smallest absolute Gasteiger partial charge is 0.306 e. The predicted octanol–water partition coefficient (Wildman–Crippen LogP) is 3.47. The predicted molar refractivity (Wildman–Crippen MR) is 119 cm³/mol. The molecular formula is C22H26N2O5S. The van der Waals surface area contributed by atoms with Crippen LogP contribution in [0.4, 0.5) is 5.69 Å². The van der Waals surface area contributed by atoms with Gasteiger partial charge in [-0.05, 0) is 42.8 Å². The molecule has 0 aliphatic heterocycles. The molecule has 0 fully saturated rings. The molecule has 0 saturated heterocycles. The molecule has 0 radical (unpaired) electrons. The average molecular weight is 431 g/mol. The number of rotatable bonds is 10. The second-order valence-corrected chi connectivity index (χ2v) is 6.79. The molecule has 2 rings (SSSR count). The van der Waals surface area contributed by atoms with Crippen LogP contribution in [0.5, 0.6) is 11.5 Å². The van der Waals surface area contributed by atoms with Crippen molar-refractivity contribution in [3.05, 3.63) is 54.1 Å². The first kappa shape index (κ1) is 23.2. The van der Waals surface area contributed by atoms with E-state index in [0.29, 0.717) is 23.8 Å². The minimum Gasteiger partial charge on any atom is -0.493 e. The summed E-state index contributed by atoms with van der Waals surface area (Å²) in [4.78, 5) is 23.8. The van der Waals surface area contributed by atoms with E-state index in [1.807, 2.05) is 30.3 Å². The van der Waals surface area contributed by atoms with Crippen molar-refractivity contribution in [2.75, 3.05) is 26.1 Å². The molecule has 0 aliphatic carbocycles. The van der Waals surface area contributed by atoms with Crippen molar-refractivity contribution in [2.45, 2.75) is 25.7 Å². The zero-order valence-electron chi connectivity index (χ0n) is 17.1. The average Bonchev–Trinajstić information content (AvgIpc) is 2.75. The fraction of sp³-hybridized carbons (Fsp3) is 0.318. The topological polar surface area (TPSA) is 85.9 Å². The van der Waals surface area contributed by atoms with Gasteiger partial charge in [-0.1, -0.05) is 30.3 Å². The lowest BCUT2D eigenvalue weighted by molar-refractivity contribution is -0.145. The van der Waals surface area contributed by atoms with Gasteiger partial charge in [-0.15, -0.1) is 0 Å². The number of benzene rings is 2. The monoisotopic (exact) mass is 430 g/mol. The van der Waals surface area contributed by atoms with E-state index in [0.717, 1.165) is 12.8 Å². The molecule has 2 N–H and O–H groups in total. The quantitative estimate of drug-likeness (QED) is 0.339. The maximum Gasteiger partial charge on any atom is 0.306 e. The van der Waals surface area contributed by atoms with Crippen LogP contribution < -0.4 is 20.1 Å². The van der Waals surface area contributed by atoms with E-state index in [1.54, 1.807) is 25.3 Å². The highest BCUT2D eigenvalue weighted by molar-refractivity contribution is 7.80. The molecule has 7 nitrogen and oxygen atoms in total. The Morgan fingerprint density at radius 2 is 1.70 bits per heavy atom. The molecule has 2 aromatic carbocycles. The fourth-order valence-electron chi connectivity index (χ4n) is 2.66. The first-order valence-corrected chi connectivity index (χ1v) is 9.95. The van der Waals surface area contributed by atoms with Gasteiger partial charge in [0.25, 0.3) is 0 Å². The summed E-state index contributed by atoms with van der Waals surface area (Å²) in [6.45, 7) is 0.328. The van der Waals surface area contributed by atoms with Gasteiger partial charge in [0.05, 0.1) is 27.2 Å². The van der Waals surface area contributed by atoms with Crippen LogP contribution in [-0.4, -0.2) is 37.8 Å². The number of anilines is 1. The molecule has 0 aromatic heterocycles. The van der Waals surface area contributed by atoms with E-state index in [4.69, 9.17) is 26.4 Å². The Bertz CT molecular complexity index is 858. The summed E-state index contributed by atoms with van der Waals surface area (Å²) in [7, 11) is 3.08. The van der Waals surface area contributed by atoms with E-state index >= 15 is 0 Å². The molecule has 30 heavy (non-hydrogen) atoms. The molecule has 0 unspecified atom stereocenters. The largest absolute Gasteiger partial charge is 0.493 e. The third-order valence-electron chi connectivity index (χ3n) is 4.17. The number of carbonyl (C=O) groups excluding carboxylic acids is 2. The second kappa shape index (κ2) is 12.4. The third kappa shape index (κ3) is 8.08. The van der Waals surface area contributed by atoms with Crippen molar-refractivity contribution in [2.24, 2.45) is 0 Å². The highest BCUT2D eigenvalue weighted by Gasteiger charge is 2.11. The van der Waals surface area contributed by atoms with Gasteiger partial charge < -0.3 is 24.8 Å². The van der Waals surface area contributed by atoms with Crippen molar-refractivity contribution in [3.63, 3.8) is 0 Å². The van der Waals surface area contributed by atoms with Crippen LogP contribution in [0, 0.1) is 0 Å². The zero-order valence-corrected chi connectivity index (χ0v) is 17.9. The van der Waals surface area contributed by atoms with E-state index in [-0.39, 0.29) is 23.9 Å². The molecule has 0 saturated carbocycles. The summed E-state index contributed by atoms with van der Waals surface area (Å²) in [5.74, 6) is 0.345. The normalized spacial score (nSPS) is 10.1. The lowest BCUT2D eigenvalue weighted by Crippen LogP contribution is -2.34. The van der Waals surface area contributed by atoms with Crippen LogP contribution in [0.1, 0.15) is 24.8 Å². The number of carbonyl (C=O) groups is 2. The number of aryl methyl sites for hydroxylation is 1. The number of esters is 1. The van der Waals surface area contributed by atoms with Crippen LogP contribution in [0.25, 0.3) is 0 Å². The number of ether oxygens (including phenoxy) is 3. The van der Waals surface area contributed by atoms with Gasteiger partial charge in [0.15, 0.2) is 16.6 Å². The van der Waals surface area contributed by atoms with Gasteiger partial charge >= 0.3 is 5.97 Å². The SMILES string of the molecule is COc1ccc(NC(=S)NC(=O)CCC(=O)OCCCc2ccccc2)cc1OC. The minimum atomic E-state index is -0.406. The Kier molecular flexibility index (Phi) is 9.60. The Labute approximate surface area is 181 Å². The Hall–Kier alpha value is -3.13. The number of methoxy groups -OCH3 is 2.